The molecule has 1 heterocycles. The zero-order valence-corrected chi connectivity index (χ0v) is 14.1. The second-order valence-corrected chi connectivity index (χ2v) is 6.54. The third-order valence-corrected chi connectivity index (χ3v) is 3.76. The second-order valence-electron chi connectivity index (χ2n) is 4.77. The van der Waals surface area contributed by atoms with Crippen molar-refractivity contribution in [2.45, 2.75) is 20.4 Å². The van der Waals surface area contributed by atoms with Gasteiger partial charge in [-0.05, 0) is 30.7 Å². The smallest absolute Gasteiger partial charge is 0.208 e. The van der Waals surface area contributed by atoms with Crippen LogP contribution in [0.2, 0.25) is 0 Å². The molecule has 1 aromatic heterocycles. The van der Waals surface area contributed by atoms with Crippen LogP contribution in [0.4, 0.5) is 0 Å². The van der Waals surface area contributed by atoms with E-state index in [1.807, 2.05) is 18.2 Å². The Bertz CT molecular complexity index is 552. The Labute approximate surface area is 130 Å². The highest BCUT2D eigenvalue weighted by molar-refractivity contribution is 9.11. The summed E-state index contributed by atoms with van der Waals surface area (Å²) in [7, 11) is 0. The molecule has 19 heavy (non-hydrogen) atoms. The predicted molar refractivity (Wildman–Crippen MR) is 83.9 cm³/mol. The Hall–Kier alpha value is -0.650. The van der Waals surface area contributed by atoms with Crippen LogP contribution in [0.5, 0.6) is 0 Å². The molecule has 0 saturated heterocycles. The topological polar surface area (TPSA) is 38.1 Å². The molecule has 0 unspecified atom stereocenters. The average Bonchev–Trinajstić information content (AvgIpc) is 2.80. The minimum Gasteiger partial charge on any atom is -0.439 e. The monoisotopic (exact) mass is 386 g/mol. The first-order chi connectivity index (χ1) is 9.06. The Kier molecular flexibility index (Phi) is 5.19. The van der Waals surface area contributed by atoms with Gasteiger partial charge in [0.15, 0.2) is 5.76 Å². The van der Waals surface area contributed by atoms with Crippen molar-refractivity contribution in [2.24, 2.45) is 5.92 Å². The molecule has 0 amide bonds. The van der Waals surface area contributed by atoms with E-state index in [0.717, 1.165) is 26.8 Å². The van der Waals surface area contributed by atoms with E-state index in [2.05, 4.69) is 56.0 Å². The third kappa shape index (κ3) is 4.16. The summed E-state index contributed by atoms with van der Waals surface area (Å²) in [5.41, 5.74) is 0.997. The molecule has 2 aromatic rings. The normalized spacial score (nSPS) is 11.2. The number of hydrogen-bond donors (Lipinski definition) is 1. The summed E-state index contributed by atoms with van der Waals surface area (Å²) < 4.78 is 7.77. The van der Waals surface area contributed by atoms with E-state index in [9.17, 15) is 0 Å². The number of nitrogens with one attached hydrogen (secondary N) is 1. The van der Waals surface area contributed by atoms with Crippen molar-refractivity contribution in [1.82, 2.24) is 10.3 Å². The Morgan fingerprint density at radius 2 is 2.11 bits per heavy atom. The summed E-state index contributed by atoms with van der Waals surface area (Å²) in [6.45, 7) is 5.96. The molecule has 1 aromatic carbocycles. The number of rotatable bonds is 5. The summed E-state index contributed by atoms with van der Waals surface area (Å²) in [5, 5.41) is 3.31. The number of hydrogen-bond acceptors (Lipinski definition) is 3. The van der Waals surface area contributed by atoms with Crippen molar-refractivity contribution in [2.75, 3.05) is 6.54 Å². The predicted octanol–water partition coefficient (Wildman–Crippen LogP) is 4.61. The van der Waals surface area contributed by atoms with Gasteiger partial charge in [0, 0.05) is 14.5 Å². The largest absolute Gasteiger partial charge is 0.439 e. The zero-order valence-electron chi connectivity index (χ0n) is 10.9. The average molecular weight is 388 g/mol. The van der Waals surface area contributed by atoms with E-state index in [0.29, 0.717) is 18.4 Å². The van der Waals surface area contributed by atoms with Crippen molar-refractivity contribution >= 4 is 31.9 Å². The molecule has 0 aliphatic carbocycles. The van der Waals surface area contributed by atoms with Crippen LogP contribution in [0, 0.1) is 5.92 Å². The summed E-state index contributed by atoms with van der Waals surface area (Å²) in [6, 6.07) is 5.98. The van der Waals surface area contributed by atoms with Gasteiger partial charge in [0.2, 0.25) is 5.89 Å². The SMILES string of the molecule is CC(C)CNCc1ncc(-c2cc(Br)ccc2Br)o1. The molecule has 0 saturated carbocycles. The maximum Gasteiger partial charge on any atom is 0.208 e. The van der Waals surface area contributed by atoms with Crippen LogP contribution in [0.1, 0.15) is 19.7 Å². The molecule has 0 spiro atoms. The maximum atomic E-state index is 5.76. The number of aromatic nitrogens is 1. The summed E-state index contributed by atoms with van der Waals surface area (Å²) in [4.78, 5) is 4.29. The first-order valence-electron chi connectivity index (χ1n) is 6.17. The first kappa shape index (κ1) is 14.8. The fourth-order valence-electron chi connectivity index (χ4n) is 1.67. The number of halogens is 2. The van der Waals surface area contributed by atoms with E-state index in [4.69, 9.17) is 4.42 Å². The summed E-state index contributed by atoms with van der Waals surface area (Å²) in [6.07, 6.45) is 1.76. The van der Waals surface area contributed by atoms with Crippen LogP contribution >= 0.6 is 31.9 Å². The standard InChI is InChI=1S/C14H16Br2N2O/c1-9(2)6-17-8-14-18-7-13(19-14)11-5-10(15)3-4-12(11)16/h3-5,7,9,17H,6,8H2,1-2H3. The molecular formula is C14H16Br2N2O. The van der Waals surface area contributed by atoms with Gasteiger partial charge in [-0.15, -0.1) is 0 Å². The lowest BCUT2D eigenvalue weighted by atomic mass is 10.2. The lowest BCUT2D eigenvalue weighted by Crippen LogP contribution is -2.18. The fourth-order valence-corrected chi connectivity index (χ4v) is 2.47. The van der Waals surface area contributed by atoms with E-state index in [-0.39, 0.29) is 0 Å². The van der Waals surface area contributed by atoms with Crippen LogP contribution in [-0.2, 0) is 6.54 Å². The summed E-state index contributed by atoms with van der Waals surface area (Å²) >= 11 is 6.99. The lowest BCUT2D eigenvalue weighted by Gasteiger charge is -2.04. The van der Waals surface area contributed by atoms with Crippen molar-refractivity contribution < 1.29 is 4.42 Å². The Balaban J connectivity index is 2.10. The quantitative estimate of drug-likeness (QED) is 0.813. The van der Waals surface area contributed by atoms with Gasteiger partial charge in [-0.2, -0.15) is 0 Å². The van der Waals surface area contributed by atoms with E-state index >= 15 is 0 Å². The molecular weight excluding hydrogens is 372 g/mol. The highest BCUT2D eigenvalue weighted by Crippen LogP contribution is 2.31. The molecule has 0 aliphatic heterocycles. The molecule has 0 radical (unpaired) electrons. The molecule has 5 heteroatoms. The fraction of sp³-hybridized carbons (Fsp3) is 0.357. The van der Waals surface area contributed by atoms with Crippen molar-refractivity contribution in [3.8, 4) is 11.3 Å². The van der Waals surface area contributed by atoms with E-state index in [1.165, 1.54) is 0 Å². The van der Waals surface area contributed by atoms with Crippen LogP contribution in [0.15, 0.2) is 37.8 Å². The van der Waals surface area contributed by atoms with Gasteiger partial charge in [-0.1, -0.05) is 45.7 Å². The molecule has 102 valence electrons. The molecule has 0 atom stereocenters. The van der Waals surface area contributed by atoms with Gasteiger partial charge in [-0.25, -0.2) is 4.98 Å². The van der Waals surface area contributed by atoms with Crippen LogP contribution in [-0.4, -0.2) is 11.5 Å². The van der Waals surface area contributed by atoms with Crippen LogP contribution in [0.3, 0.4) is 0 Å². The molecule has 0 aliphatic rings. The Morgan fingerprint density at radius 1 is 1.32 bits per heavy atom. The van der Waals surface area contributed by atoms with Crippen LogP contribution in [0.25, 0.3) is 11.3 Å². The Morgan fingerprint density at radius 3 is 2.84 bits per heavy atom. The minimum absolute atomic E-state index is 0.619. The molecule has 0 fully saturated rings. The van der Waals surface area contributed by atoms with Gasteiger partial charge >= 0.3 is 0 Å². The van der Waals surface area contributed by atoms with E-state index in [1.54, 1.807) is 6.20 Å². The third-order valence-electron chi connectivity index (χ3n) is 2.58. The van der Waals surface area contributed by atoms with Crippen molar-refractivity contribution in [1.29, 1.82) is 0 Å². The van der Waals surface area contributed by atoms with Crippen molar-refractivity contribution in [3.05, 3.63) is 39.2 Å². The summed E-state index contributed by atoms with van der Waals surface area (Å²) in [5.74, 6) is 2.10. The van der Waals surface area contributed by atoms with Gasteiger partial charge in [0.05, 0.1) is 12.7 Å². The van der Waals surface area contributed by atoms with Gasteiger partial charge in [0.25, 0.3) is 0 Å². The minimum atomic E-state index is 0.619. The van der Waals surface area contributed by atoms with Gasteiger partial charge in [0.1, 0.15) is 0 Å². The van der Waals surface area contributed by atoms with Gasteiger partial charge < -0.3 is 9.73 Å². The number of oxazole rings is 1. The maximum absolute atomic E-state index is 5.76. The molecule has 0 bridgehead atoms. The highest BCUT2D eigenvalue weighted by Gasteiger charge is 2.10. The lowest BCUT2D eigenvalue weighted by molar-refractivity contribution is 0.459. The zero-order chi connectivity index (χ0) is 13.8. The molecule has 2 rings (SSSR count). The van der Waals surface area contributed by atoms with E-state index < -0.39 is 0 Å². The molecule has 3 nitrogen and oxygen atoms in total. The van der Waals surface area contributed by atoms with Crippen LogP contribution < -0.4 is 5.32 Å². The first-order valence-corrected chi connectivity index (χ1v) is 7.75. The van der Waals surface area contributed by atoms with Gasteiger partial charge in [-0.3, -0.25) is 0 Å². The number of benzene rings is 1. The molecule has 1 N–H and O–H groups in total. The second kappa shape index (κ2) is 6.68. The highest BCUT2D eigenvalue weighted by atomic mass is 79.9. The van der Waals surface area contributed by atoms with Crippen molar-refractivity contribution in [3.63, 3.8) is 0 Å². The number of nitrogens with zero attached hydrogens (tertiary/aromatic N) is 1.